The standard InChI is InChI=1S/C19H22N2O2S/c1-15-4-6-16(7-5-15)18(22)14-20-8-10-21(11-9-20)19(23)13-17-3-2-12-24-17/h2-7,12H,8-11,13-14H2,1H3. The van der Waals surface area contributed by atoms with Crippen molar-refractivity contribution in [3.05, 3.63) is 57.8 Å². The fraction of sp³-hybridized carbons (Fsp3) is 0.368. The number of carbonyl (C=O) groups excluding carboxylic acids is 2. The minimum Gasteiger partial charge on any atom is -0.340 e. The van der Waals surface area contributed by atoms with Crippen LogP contribution in [-0.2, 0) is 11.2 Å². The zero-order valence-electron chi connectivity index (χ0n) is 13.9. The lowest BCUT2D eigenvalue weighted by Crippen LogP contribution is -2.50. The summed E-state index contributed by atoms with van der Waals surface area (Å²) in [6, 6.07) is 11.7. The average Bonchev–Trinajstić information content (AvgIpc) is 3.09. The molecule has 0 unspecified atom stereocenters. The maximum absolute atomic E-state index is 12.3. The van der Waals surface area contributed by atoms with Gasteiger partial charge in [0.2, 0.25) is 5.91 Å². The number of aryl methyl sites for hydroxylation is 1. The number of rotatable bonds is 5. The van der Waals surface area contributed by atoms with E-state index in [1.807, 2.05) is 53.6 Å². The molecule has 0 aliphatic carbocycles. The molecule has 1 amide bonds. The van der Waals surface area contributed by atoms with E-state index in [0.29, 0.717) is 26.1 Å². The van der Waals surface area contributed by atoms with Gasteiger partial charge in [0.25, 0.3) is 0 Å². The highest BCUT2D eigenvalue weighted by molar-refractivity contribution is 7.10. The quantitative estimate of drug-likeness (QED) is 0.784. The Kier molecular flexibility index (Phi) is 5.43. The first-order chi connectivity index (χ1) is 11.6. The largest absolute Gasteiger partial charge is 0.340 e. The molecule has 0 saturated carbocycles. The molecule has 1 saturated heterocycles. The lowest BCUT2D eigenvalue weighted by atomic mass is 10.1. The van der Waals surface area contributed by atoms with Gasteiger partial charge in [0, 0.05) is 36.6 Å². The van der Waals surface area contributed by atoms with Crippen LogP contribution < -0.4 is 0 Å². The summed E-state index contributed by atoms with van der Waals surface area (Å²) in [5.41, 5.74) is 1.92. The van der Waals surface area contributed by atoms with Gasteiger partial charge in [0.1, 0.15) is 0 Å². The number of benzene rings is 1. The van der Waals surface area contributed by atoms with Crippen LogP contribution in [0.25, 0.3) is 0 Å². The summed E-state index contributed by atoms with van der Waals surface area (Å²) in [5.74, 6) is 0.329. The molecular formula is C19H22N2O2S. The van der Waals surface area contributed by atoms with Gasteiger partial charge in [-0.2, -0.15) is 0 Å². The summed E-state index contributed by atoms with van der Waals surface area (Å²) in [6.07, 6.45) is 0.486. The van der Waals surface area contributed by atoms with Crippen LogP contribution in [-0.4, -0.2) is 54.2 Å². The molecule has 0 bridgehead atoms. The topological polar surface area (TPSA) is 40.6 Å². The van der Waals surface area contributed by atoms with E-state index in [1.54, 1.807) is 11.3 Å². The van der Waals surface area contributed by atoms with Crippen molar-refractivity contribution >= 4 is 23.0 Å². The Balaban J connectivity index is 1.47. The molecule has 0 spiro atoms. The van der Waals surface area contributed by atoms with Crippen molar-refractivity contribution in [3.8, 4) is 0 Å². The third-order valence-corrected chi connectivity index (χ3v) is 5.25. The summed E-state index contributed by atoms with van der Waals surface area (Å²) in [5, 5.41) is 2.00. The molecule has 3 rings (SSSR count). The van der Waals surface area contributed by atoms with Gasteiger partial charge in [0.05, 0.1) is 13.0 Å². The van der Waals surface area contributed by atoms with Gasteiger partial charge >= 0.3 is 0 Å². The van der Waals surface area contributed by atoms with Crippen LogP contribution in [0.2, 0.25) is 0 Å². The molecule has 1 aliphatic heterocycles. The molecule has 1 aromatic heterocycles. The van der Waals surface area contributed by atoms with Crippen molar-refractivity contribution < 1.29 is 9.59 Å². The highest BCUT2D eigenvalue weighted by Crippen LogP contribution is 2.12. The monoisotopic (exact) mass is 342 g/mol. The Bertz CT molecular complexity index is 687. The maximum atomic E-state index is 12.3. The number of nitrogens with zero attached hydrogens (tertiary/aromatic N) is 2. The van der Waals surface area contributed by atoms with Crippen LogP contribution in [0.5, 0.6) is 0 Å². The van der Waals surface area contributed by atoms with Crippen molar-refractivity contribution in [2.45, 2.75) is 13.3 Å². The van der Waals surface area contributed by atoms with Crippen LogP contribution in [0.4, 0.5) is 0 Å². The molecule has 126 valence electrons. The minimum atomic E-state index is 0.147. The first-order valence-corrected chi connectivity index (χ1v) is 9.12. The van der Waals surface area contributed by atoms with Crippen molar-refractivity contribution in [1.29, 1.82) is 0 Å². The normalized spacial score (nSPS) is 15.5. The maximum Gasteiger partial charge on any atom is 0.227 e. The fourth-order valence-corrected chi connectivity index (χ4v) is 3.56. The Morgan fingerprint density at radius 2 is 1.75 bits per heavy atom. The van der Waals surface area contributed by atoms with Gasteiger partial charge in [-0.1, -0.05) is 35.9 Å². The summed E-state index contributed by atoms with van der Waals surface area (Å²) in [4.78, 5) is 29.8. The van der Waals surface area contributed by atoms with Crippen LogP contribution in [0.1, 0.15) is 20.8 Å². The highest BCUT2D eigenvalue weighted by atomic mass is 32.1. The lowest BCUT2D eigenvalue weighted by Gasteiger charge is -2.34. The smallest absolute Gasteiger partial charge is 0.227 e. The molecule has 5 heteroatoms. The van der Waals surface area contributed by atoms with E-state index in [-0.39, 0.29) is 11.7 Å². The zero-order chi connectivity index (χ0) is 16.9. The van der Waals surface area contributed by atoms with Gasteiger partial charge in [0.15, 0.2) is 5.78 Å². The van der Waals surface area contributed by atoms with E-state index >= 15 is 0 Å². The molecule has 1 fully saturated rings. The molecule has 2 heterocycles. The number of amides is 1. The van der Waals surface area contributed by atoms with Gasteiger partial charge < -0.3 is 4.90 Å². The van der Waals surface area contributed by atoms with Crippen LogP contribution >= 0.6 is 11.3 Å². The first-order valence-electron chi connectivity index (χ1n) is 8.24. The predicted molar refractivity (Wildman–Crippen MR) is 96.6 cm³/mol. The lowest BCUT2D eigenvalue weighted by molar-refractivity contribution is -0.132. The number of Topliss-reactive ketones (excluding diaryl/α,β-unsaturated/α-hetero) is 1. The zero-order valence-corrected chi connectivity index (χ0v) is 14.7. The van der Waals surface area contributed by atoms with Crippen molar-refractivity contribution in [2.75, 3.05) is 32.7 Å². The minimum absolute atomic E-state index is 0.147. The van der Waals surface area contributed by atoms with E-state index in [9.17, 15) is 9.59 Å². The van der Waals surface area contributed by atoms with E-state index < -0.39 is 0 Å². The summed E-state index contributed by atoms with van der Waals surface area (Å²) < 4.78 is 0. The van der Waals surface area contributed by atoms with E-state index in [1.165, 1.54) is 0 Å². The fourth-order valence-electron chi connectivity index (χ4n) is 2.86. The van der Waals surface area contributed by atoms with E-state index in [2.05, 4.69) is 4.90 Å². The number of hydrogen-bond acceptors (Lipinski definition) is 4. The molecule has 0 N–H and O–H groups in total. The number of ketones is 1. The Labute approximate surface area is 146 Å². The van der Waals surface area contributed by atoms with Crippen molar-refractivity contribution in [2.24, 2.45) is 0 Å². The Morgan fingerprint density at radius 3 is 2.38 bits per heavy atom. The third-order valence-electron chi connectivity index (χ3n) is 4.37. The Morgan fingerprint density at radius 1 is 1.04 bits per heavy atom. The molecule has 0 radical (unpaired) electrons. The Hall–Kier alpha value is -1.98. The van der Waals surface area contributed by atoms with Gasteiger partial charge in [-0.15, -0.1) is 11.3 Å². The van der Waals surface area contributed by atoms with E-state index in [0.717, 1.165) is 29.1 Å². The average molecular weight is 342 g/mol. The second-order valence-corrected chi connectivity index (χ2v) is 7.23. The molecule has 1 aromatic carbocycles. The first kappa shape index (κ1) is 16.9. The second-order valence-electron chi connectivity index (χ2n) is 6.20. The highest BCUT2D eigenvalue weighted by Gasteiger charge is 2.22. The molecule has 0 atom stereocenters. The second kappa shape index (κ2) is 7.73. The molecule has 2 aromatic rings. The van der Waals surface area contributed by atoms with Crippen LogP contribution in [0, 0.1) is 6.92 Å². The van der Waals surface area contributed by atoms with Gasteiger partial charge in [-0.3, -0.25) is 14.5 Å². The molecule has 1 aliphatic rings. The van der Waals surface area contributed by atoms with Crippen LogP contribution in [0.15, 0.2) is 41.8 Å². The number of hydrogen-bond donors (Lipinski definition) is 0. The van der Waals surface area contributed by atoms with Crippen molar-refractivity contribution in [1.82, 2.24) is 9.80 Å². The molecule has 24 heavy (non-hydrogen) atoms. The third kappa shape index (κ3) is 4.30. The summed E-state index contributed by atoms with van der Waals surface area (Å²) in [7, 11) is 0. The number of thiophene rings is 1. The SMILES string of the molecule is Cc1ccc(C(=O)CN2CCN(C(=O)Cc3cccs3)CC2)cc1. The van der Waals surface area contributed by atoms with Gasteiger partial charge in [-0.05, 0) is 18.4 Å². The van der Waals surface area contributed by atoms with E-state index in [4.69, 9.17) is 0 Å². The van der Waals surface area contributed by atoms with Crippen LogP contribution in [0.3, 0.4) is 0 Å². The van der Waals surface area contributed by atoms with Gasteiger partial charge in [-0.25, -0.2) is 0 Å². The molecular weight excluding hydrogens is 320 g/mol. The summed E-state index contributed by atoms with van der Waals surface area (Å²) >= 11 is 1.62. The number of piperazine rings is 1. The number of carbonyl (C=O) groups is 2. The summed E-state index contributed by atoms with van der Waals surface area (Å²) in [6.45, 7) is 5.36. The molecule has 4 nitrogen and oxygen atoms in total. The predicted octanol–water partition coefficient (Wildman–Crippen LogP) is 2.63. The van der Waals surface area contributed by atoms with Crippen molar-refractivity contribution in [3.63, 3.8) is 0 Å².